The van der Waals surface area contributed by atoms with E-state index >= 15 is 0 Å². The lowest BCUT2D eigenvalue weighted by molar-refractivity contribution is -0.143. The fourth-order valence-electron chi connectivity index (χ4n) is 2.14. The highest BCUT2D eigenvalue weighted by Gasteiger charge is 2.28. The van der Waals surface area contributed by atoms with Gasteiger partial charge >= 0.3 is 5.97 Å². The Labute approximate surface area is 99.7 Å². The van der Waals surface area contributed by atoms with E-state index in [1.165, 1.54) is 10.4 Å². The summed E-state index contributed by atoms with van der Waals surface area (Å²) in [6.45, 7) is 5.68. The molecule has 2 unspecified atom stereocenters. The lowest BCUT2D eigenvalue weighted by Gasteiger charge is -2.34. The minimum absolute atomic E-state index is 0.102. The van der Waals surface area contributed by atoms with Crippen LogP contribution in [-0.4, -0.2) is 28.6 Å². The van der Waals surface area contributed by atoms with Crippen LogP contribution in [0.5, 0.6) is 0 Å². The molecule has 0 amide bonds. The van der Waals surface area contributed by atoms with E-state index in [0.717, 1.165) is 19.5 Å². The lowest BCUT2D eigenvalue weighted by atomic mass is 9.99. The Morgan fingerprint density at radius 2 is 2.31 bits per heavy atom. The third kappa shape index (κ3) is 2.13. The van der Waals surface area contributed by atoms with Gasteiger partial charge in [-0.25, -0.2) is 0 Å². The van der Waals surface area contributed by atoms with Crippen molar-refractivity contribution in [3.63, 3.8) is 0 Å². The molecule has 0 aliphatic carbocycles. The molecular weight excluding hydrogens is 222 g/mol. The molecule has 88 valence electrons. The van der Waals surface area contributed by atoms with Gasteiger partial charge in [0.1, 0.15) is 0 Å². The van der Waals surface area contributed by atoms with Gasteiger partial charge in [0.25, 0.3) is 0 Å². The van der Waals surface area contributed by atoms with Crippen molar-refractivity contribution in [1.29, 1.82) is 0 Å². The highest BCUT2D eigenvalue weighted by atomic mass is 32.1. The fourth-order valence-corrected chi connectivity index (χ4v) is 3.03. The number of hydrogen-bond acceptors (Lipinski definition) is 3. The van der Waals surface area contributed by atoms with E-state index in [1.54, 1.807) is 6.92 Å². The standard InChI is InChI=1S/C12H17NO2S/c1-8(12(14)15)9(2)13-5-3-11-10(7-13)4-6-16-11/h4,6,8-9H,3,5,7H2,1-2H3,(H,14,15). The van der Waals surface area contributed by atoms with Gasteiger partial charge in [0.2, 0.25) is 0 Å². The quantitative estimate of drug-likeness (QED) is 0.879. The van der Waals surface area contributed by atoms with Gasteiger partial charge in [-0.3, -0.25) is 9.69 Å². The van der Waals surface area contributed by atoms with Gasteiger partial charge in [-0.1, -0.05) is 6.92 Å². The van der Waals surface area contributed by atoms with Crippen LogP contribution in [0, 0.1) is 5.92 Å². The third-order valence-electron chi connectivity index (χ3n) is 3.53. The first kappa shape index (κ1) is 11.6. The van der Waals surface area contributed by atoms with Crippen LogP contribution in [0.3, 0.4) is 0 Å². The number of carboxylic acid groups (broad SMARTS) is 1. The lowest BCUT2D eigenvalue weighted by Crippen LogP contribution is -2.42. The molecule has 1 aliphatic heterocycles. The summed E-state index contributed by atoms with van der Waals surface area (Å²) in [5.41, 5.74) is 1.38. The SMILES string of the molecule is CC(C(=O)O)C(C)N1CCc2sccc2C1. The fraction of sp³-hybridized carbons (Fsp3) is 0.583. The zero-order valence-electron chi connectivity index (χ0n) is 9.64. The van der Waals surface area contributed by atoms with Gasteiger partial charge in [0.05, 0.1) is 5.92 Å². The summed E-state index contributed by atoms with van der Waals surface area (Å²) in [5.74, 6) is -1.01. The van der Waals surface area contributed by atoms with Gasteiger partial charge in [-0.05, 0) is 30.4 Å². The summed E-state index contributed by atoms with van der Waals surface area (Å²) in [6, 6.07) is 2.26. The molecule has 0 radical (unpaired) electrons. The topological polar surface area (TPSA) is 40.5 Å². The molecule has 0 aromatic carbocycles. The molecule has 2 heterocycles. The molecule has 3 nitrogen and oxygen atoms in total. The Morgan fingerprint density at radius 1 is 1.56 bits per heavy atom. The summed E-state index contributed by atoms with van der Waals surface area (Å²) < 4.78 is 0. The van der Waals surface area contributed by atoms with Crippen LogP contribution in [0.4, 0.5) is 0 Å². The van der Waals surface area contributed by atoms with Gasteiger partial charge in [-0.2, -0.15) is 0 Å². The van der Waals surface area contributed by atoms with Crippen LogP contribution < -0.4 is 0 Å². The van der Waals surface area contributed by atoms with Crippen molar-refractivity contribution < 1.29 is 9.90 Å². The normalized spacial score (nSPS) is 20.1. The average molecular weight is 239 g/mol. The van der Waals surface area contributed by atoms with E-state index in [1.807, 2.05) is 18.3 Å². The molecule has 1 N–H and O–H groups in total. The van der Waals surface area contributed by atoms with E-state index in [0.29, 0.717) is 0 Å². The minimum atomic E-state index is -0.705. The maximum absolute atomic E-state index is 11.0. The van der Waals surface area contributed by atoms with Gasteiger partial charge in [0, 0.05) is 24.0 Å². The number of nitrogens with zero attached hydrogens (tertiary/aromatic N) is 1. The van der Waals surface area contributed by atoms with Gasteiger partial charge in [0.15, 0.2) is 0 Å². The van der Waals surface area contributed by atoms with Crippen molar-refractivity contribution >= 4 is 17.3 Å². The molecule has 0 bridgehead atoms. The zero-order valence-corrected chi connectivity index (χ0v) is 10.5. The number of carboxylic acids is 1. The molecule has 1 aromatic heterocycles. The largest absolute Gasteiger partial charge is 0.481 e. The number of carbonyl (C=O) groups is 1. The van der Waals surface area contributed by atoms with Crippen molar-refractivity contribution in [1.82, 2.24) is 4.90 Å². The van der Waals surface area contributed by atoms with E-state index < -0.39 is 5.97 Å². The Bertz CT molecular complexity index is 388. The Kier molecular flexibility index (Phi) is 3.30. The summed E-state index contributed by atoms with van der Waals surface area (Å²) in [6.07, 6.45) is 1.06. The number of aliphatic carboxylic acids is 1. The molecule has 0 saturated heterocycles. The molecule has 2 atom stereocenters. The molecule has 0 spiro atoms. The second kappa shape index (κ2) is 4.55. The Hall–Kier alpha value is -0.870. The van der Waals surface area contributed by atoms with Crippen molar-refractivity contribution in [2.24, 2.45) is 5.92 Å². The van der Waals surface area contributed by atoms with Crippen LogP contribution >= 0.6 is 11.3 Å². The first-order chi connectivity index (χ1) is 7.59. The molecule has 4 heteroatoms. The highest BCUT2D eigenvalue weighted by molar-refractivity contribution is 7.10. The molecule has 1 aromatic rings. The summed E-state index contributed by atoms with van der Waals surface area (Å²) in [7, 11) is 0. The van der Waals surface area contributed by atoms with Crippen molar-refractivity contribution in [3.05, 3.63) is 21.9 Å². The highest BCUT2D eigenvalue weighted by Crippen LogP contribution is 2.26. The molecule has 0 fully saturated rings. The molecule has 0 saturated carbocycles. The van der Waals surface area contributed by atoms with Crippen LogP contribution in [0.15, 0.2) is 11.4 Å². The Balaban J connectivity index is 2.06. The maximum Gasteiger partial charge on any atom is 0.307 e. The number of rotatable bonds is 3. The van der Waals surface area contributed by atoms with Crippen molar-refractivity contribution in [2.75, 3.05) is 6.54 Å². The first-order valence-corrected chi connectivity index (χ1v) is 6.49. The van der Waals surface area contributed by atoms with E-state index in [-0.39, 0.29) is 12.0 Å². The molecule has 2 rings (SSSR count). The van der Waals surface area contributed by atoms with Crippen molar-refractivity contribution in [3.8, 4) is 0 Å². The molecule has 1 aliphatic rings. The summed E-state index contributed by atoms with van der Waals surface area (Å²) in [5, 5.41) is 11.1. The smallest absolute Gasteiger partial charge is 0.307 e. The van der Waals surface area contributed by atoms with Gasteiger partial charge < -0.3 is 5.11 Å². The third-order valence-corrected chi connectivity index (χ3v) is 4.55. The predicted molar refractivity (Wildman–Crippen MR) is 64.7 cm³/mol. The summed E-state index contributed by atoms with van der Waals surface area (Å²) >= 11 is 1.81. The molecule has 16 heavy (non-hydrogen) atoms. The number of hydrogen-bond donors (Lipinski definition) is 1. The monoisotopic (exact) mass is 239 g/mol. The average Bonchev–Trinajstić information content (AvgIpc) is 2.73. The van der Waals surface area contributed by atoms with Crippen LogP contribution in [0.2, 0.25) is 0 Å². The first-order valence-electron chi connectivity index (χ1n) is 5.61. The Morgan fingerprint density at radius 3 is 3.00 bits per heavy atom. The van der Waals surface area contributed by atoms with Crippen LogP contribution in [-0.2, 0) is 17.8 Å². The number of fused-ring (bicyclic) bond motifs is 1. The van der Waals surface area contributed by atoms with Crippen LogP contribution in [0.1, 0.15) is 24.3 Å². The number of thiophene rings is 1. The van der Waals surface area contributed by atoms with Crippen LogP contribution in [0.25, 0.3) is 0 Å². The summed E-state index contributed by atoms with van der Waals surface area (Å²) in [4.78, 5) is 14.7. The minimum Gasteiger partial charge on any atom is -0.481 e. The van der Waals surface area contributed by atoms with E-state index in [2.05, 4.69) is 16.3 Å². The molecular formula is C12H17NO2S. The second-order valence-electron chi connectivity index (χ2n) is 4.46. The zero-order chi connectivity index (χ0) is 11.7. The second-order valence-corrected chi connectivity index (χ2v) is 5.46. The van der Waals surface area contributed by atoms with Crippen molar-refractivity contribution in [2.45, 2.75) is 32.9 Å². The predicted octanol–water partition coefficient (Wildman–Crippen LogP) is 2.22. The van der Waals surface area contributed by atoms with E-state index in [9.17, 15) is 4.79 Å². The van der Waals surface area contributed by atoms with E-state index in [4.69, 9.17) is 5.11 Å². The van der Waals surface area contributed by atoms with Gasteiger partial charge in [-0.15, -0.1) is 11.3 Å². The maximum atomic E-state index is 11.0.